The molecule has 0 fully saturated rings. The topological polar surface area (TPSA) is 128 Å². The van der Waals surface area contributed by atoms with Crippen molar-refractivity contribution in [3.63, 3.8) is 0 Å². The third kappa shape index (κ3) is 3.72. The first kappa shape index (κ1) is 14.5. The molecular weight excluding hydrogens is 276 g/mol. The summed E-state index contributed by atoms with van der Waals surface area (Å²) in [5.41, 5.74) is 10.3. The average Bonchev–Trinajstić information content (AvgIpc) is 2.28. The van der Waals surface area contributed by atoms with Crippen LogP contribution in [0.4, 0.5) is 0 Å². The average molecular weight is 288 g/mol. The van der Waals surface area contributed by atoms with Crippen molar-refractivity contribution in [1.29, 1.82) is 0 Å². The van der Waals surface area contributed by atoms with E-state index in [1.807, 2.05) is 0 Å². The quantitative estimate of drug-likeness (QED) is 0.568. The van der Waals surface area contributed by atoms with Crippen LogP contribution in [0.5, 0.6) is 0 Å². The Balaban J connectivity index is 2.98. The monoisotopic (exact) mass is 288 g/mol. The van der Waals surface area contributed by atoms with Crippen LogP contribution in [-0.4, -0.2) is 30.8 Å². The first-order chi connectivity index (χ1) is 8.34. The van der Waals surface area contributed by atoms with Gasteiger partial charge >= 0.3 is 0 Å². The smallest absolute Gasteiger partial charge is 0.242 e. The first-order valence-corrected chi connectivity index (χ1v) is 6.76. The highest BCUT2D eigenvalue weighted by molar-refractivity contribution is 7.89. The number of amides is 1. The standard InChI is InChI=1S/C9H12N4O3S2/c10-7(14)3-5-13-18(15,16)6-2-1-4-12-8(6)9(11)17/h1-2,4,13H,3,5H2,(H2,10,14)(H2,11,17). The SMILES string of the molecule is NC(=O)CCNS(=O)(=O)c1cccnc1C(N)=S. The van der Waals surface area contributed by atoms with E-state index in [0.29, 0.717) is 0 Å². The summed E-state index contributed by atoms with van der Waals surface area (Å²) >= 11 is 4.72. The minimum Gasteiger partial charge on any atom is -0.388 e. The Morgan fingerprint density at radius 2 is 2.11 bits per heavy atom. The van der Waals surface area contributed by atoms with Crippen molar-refractivity contribution in [2.75, 3.05) is 6.54 Å². The number of hydrogen-bond acceptors (Lipinski definition) is 5. The third-order valence-electron chi connectivity index (χ3n) is 1.96. The normalized spacial score (nSPS) is 11.1. The van der Waals surface area contributed by atoms with Crippen molar-refractivity contribution in [2.24, 2.45) is 11.5 Å². The molecule has 98 valence electrons. The molecule has 0 aliphatic rings. The van der Waals surface area contributed by atoms with Gasteiger partial charge in [-0.05, 0) is 12.1 Å². The van der Waals surface area contributed by atoms with Crippen LogP contribution in [0.15, 0.2) is 23.2 Å². The summed E-state index contributed by atoms with van der Waals surface area (Å²) in [4.78, 5) is 14.1. The van der Waals surface area contributed by atoms with Gasteiger partial charge in [0, 0.05) is 19.2 Å². The van der Waals surface area contributed by atoms with Crippen LogP contribution in [0.1, 0.15) is 12.1 Å². The third-order valence-corrected chi connectivity index (χ3v) is 3.64. The molecule has 0 saturated heterocycles. The van der Waals surface area contributed by atoms with Gasteiger partial charge in [-0.3, -0.25) is 9.78 Å². The molecule has 1 heterocycles. The predicted molar refractivity (Wildman–Crippen MR) is 69.1 cm³/mol. The van der Waals surface area contributed by atoms with E-state index < -0.39 is 15.9 Å². The van der Waals surface area contributed by atoms with Crippen molar-refractivity contribution >= 4 is 33.1 Å². The minimum atomic E-state index is -3.82. The van der Waals surface area contributed by atoms with E-state index in [2.05, 4.69) is 9.71 Å². The number of nitrogens with two attached hydrogens (primary N) is 2. The zero-order valence-electron chi connectivity index (χ0n) is 9.29. The lowest BCUT2D eigenvalue weighted by atomic mass is 10.3. The van der Waals surface area contributed by atoms with Gasteiger partial charge in [0.2, 0.25) is 15.9 Å². The van der Waals surface area contributed by atoms with E-state index in [4.69, 9.17) is 23.7 Å². The molecule has 7 nitrogen and oxygen atoms in total. The molecule has 9 heteroatoms. The number of aromatic nitrogens is 1. The Kier molecular flexibility index (Phi) is 4.70. The van der Waals surface area contributed by atoms with Gasteiger partial charge in [-0.25, -0.2) is 13.1 Å². The molecule has 5 N–H and O–H groups in total. The molecule has 0 radical (unpaired) electrons. The Morgan fingerprint density at radius 1 is 1.44 bits per heavy atom. The van der Waals surface area contributed by atoms with Gasteiger partial charge in [0.15, 0.2) is 0 Å². The zero-order valence-corrected chi connectivity index (χ0v) is 10.9. The van der Waals surface area contributed by atoms with E-state index in [0.717, 1.165) is 0 Å². The molecule has 0 aliphatic heterocycles. The predicted octanol–water partition coefficient (Wildman–Crippen LogP) is -1.13. The maximum absolute atomic E-state index is 11.9. The maximum atomic E-state index is 11.9. The fourth-order valence-electron chi connectivity index (χ4n) is 1.18. The summed E-state index contributed by atoms with van der Waals surface area (Å²) in [5, 5.41) is 0. The molecule has 1 amide bonds. The molecule has 0 saturated carbocycles. The van der Waals surface area contributed by atoms with E-state index in [1.54, 1.807) is 0 Å². The Bertz CT molecular complexity index is 571. The number of nitrogens with one attached hydrogen (secondary N) is 1. The highest BCUT2D eigenvalue weighted by atomic mass is 32.2. The van der Waals surface area contributed by atoms with E-state index in [-0.39, 0.29) is 28.5 Å². The number of carbonyl (C=O) groups excluding carboxylic acids is 1. The zero-order chi connectivity index (χ0) is 13.8. The Hall–Kier alpha value is -1.58. The van der Waals surface area contributed by atoms with Gasteiger partial charge in [-0.2, -0.15) is 0 Å². The fourth-order valence-corrected chi connectivity index (χ4v) is 2.61. The largest absolute Gasteiger partial charge is 0.388 e. The number of nitrogens with zero attached hydrogens (tertiary/aromatic N) is 1. The molecule has 18 heavy (non-hydrogen) atoms. The number of thiocarbonyl (C=S) groups is 1. The van der Waals surface area contributed by atoms with Gasteiger partial charge in [0.25, 0.3) is 0 Å². The Morgan fingerprint density at radius 3 is 2.67 bits per heavy atom. The molecule has 0 aromatic carbocycles. The molecule has 1 aromatic rings. The summed E-state index contributed by atoms with van der Waals surface area (Å²) in [6.45, 7) is -0.0939. The van der Waals surface area contributed by atoms with Crippen LogP contribution < -0.4 is 16.2 Å². The van der Waals surface area contributed by atoms with E-state index in [1.165, 1.54) is 18.3 Å². The number of primary amides is 1. The van der Waals surface area contributed by atoms with Crippen molar-refractivity contribution in [1.82, 2.24) is 9.71 Å². The van der Waals surface area contributed by atoms with Gasteiger partial charge in [0.05, 0.1) is 0 Å². The molecule has 0 bridgehead atoms. The summed E-state index contributed by atoms with van der Waals surface area (Å²) in [6, 6.07) is 2.78. The van der Waals surface area contributed by atoms with Crippen LogP contribution in [0, 0.1) is 0 Å². The van der Waals surface area contributed by atoms with Crippen LogP contribution >= 0.6 is 12.2 Å². The Labute approximate surface area is 110 Å². The minimum absolute atomic E-state index is 0.0130. The number of carbonyl (C=O) groups is 1. The second-order valence-corrected chi connectivity index (χ2v) is 5.50. The second-order valence-electron chi connectivity index (χ2n) is 3.33. The van der Waals surface area contributed by atoms with Crippen LogP contribution in [0.3, 0.4) is 0 Å². The lowest BCUT2D eigenvalue weighted by Crippen LogP contribution is -2.30. The molecule has 0 unspecified atom stereocenters. The number of rotatable bonds is 6. The molecule has 0 atom stereocenters. The van der Waals surface area contributed by atoms with E-state index >= 15 is 0 Å². The van der Waals surface area contributed by atoms with Crippen LogP contribution in [0.2, 0.25) is 0 Å². The lowest BCUT2D eigenvalue weighted by Gasteiger charge is -2.08. The van der Waals surface area contributed by atoms with Crippen molar-refractivity contribution in [2.45, 2.75) is 11.3 Å². The lowest BCUT2D eigenvalue weighted by molar-refractivity contribution is -0.117. The molecule has 0 spiro atoms. The van der Waals surface area contributed by atoms with Crippen LogP contribution in [-0.2, 0) is 14.8 Å². The van der Waals surface area contributed by atoms with E-state index in [9.17, 15) is 13.2 Å². The number of hydrogen-bond donors (Lipinski definition) is 3. The van der Waals surface area contributed by atoms with Gasteiger partial charge < -0.3 is 11.5 Å². The maximum Gasteiger partial charge on any atom is 0.242 e. The molecule has 1 rings (SSSR count). The number of pyridine rings is 1. The van der Waals surface area contributed by atoms with Crippen molar-refractivity contribution in [3.05, 3.63) is 24.0 Å². The summed E-state index contributed by atoms with van der Waals surface area (Å²) in [6.07, 6.45) is 1.29. The molecular formula is C9H12N4O3S2. The van der Waals surface area contributed by atoms with Crippen molar-refractivity contribution < 1.29 is 13.2 Å². The summed E-state index contributed by atoms with van der Waals surface area (Å²) in [7, 11) is -3.82. The summed E-state index contributed by atoms with van der Waals surface area (Å²) in [5.74, 6) is -0.599. The summed E-state index contributed by atoms with van der Waals surface area (Å²) < 4.78 is 26.1. The molecule has 1 aromatic heterocycles. The second kappa shape index (κ2) is 5.85. The van der Waals surface area contributed by atoms with Gasteiger partial charge in [-0.15, -0.1) is 0 Å². The first-order valence-electron chi connectivity index (χ1n) is 4.87. The highest BCUT2D eigenvalue weighted by Crippen LogP contribution is 2.12. The number of sulfonamides is 1. The van der Waals surface area contributed by atoms with Crippen molar-refractivity contribution in [3.8, 4) is 0 Å². The van der Waals surface area contributed by atoms with Gasteiger partial charge in [-0.1, -0.05) is 12.2 Å². The fraction of sp³-hybridized carbons (Fsp3) is 0.222. The van der Waals surface area contributed by atoms with Gasteiger partial charge in [0.1, 0.15) is 15.6 Å². The highest BCUT2D eigenvalue weighted by Gasteiger charge is 2.20. The molecule has 0 aliphatic carbocycles. The van der Waals surface area contributed by atoms with Crippen LogP contribution in [0.25, 0.3) is 0 Å².